The molecule has 0 unspecified atom stereocenters. The summed E-state index contributed by atoms with van der Waals surface area (Å²) in [5, 5.41) is 9.64. The van der Waals surface area contributed by atoms with E-state index < -0.39 is 5.97 Å². The van der Waals surface area contributed by atoms with E-state index in [2.05, 4.69) is 6.92 Å². The van der Waals surface area contributed by atoms with Crippen LogP contribution in [-0.4, -0.2) is 25.3 Å². The van der Waals surface area contributed by atoms with Crippen molar-refractivity contribution in [3.05, 3.63) is 19.1 Å². The maximum Gasteiger partial charge on any atom is 0.311 e. The number of methoxy groups -OCH3 is 2. The minimum absolute atomic E-state index is 0.100. The van der Waals surface area contributed by atoms with Crippen LogP contribution in [0.15, 0.2) is 12.1 Å². The molecule has 1 radical (unpaired) electrons. The Kier molecular flexibility index (Phi) is 4.63. The highest BCUT2D eigenvalue weighted by molar-refractivity contribution is 5.74. The first-order chi connectivity index (χ1) is 8.12. The van der Waals surface area contributed by atoms with E-state index in [4.69, 9.17) is 14.2 Å². The largest absolute Gasteiger partial charge is 0.504 e. The van der Waals surface area contributed by atoms with Crippen molar-refractivity contribution in [3.8, 4) is 23.0 Å². The van der Waals surface area contributed by atoms with E-state index in [1.54, 1.807) is 0 Å². The molecule has 5 heteroatoms. The molecule has 1 rings (SSSR count). The van der Waals surface area contributed by atoms with Gasteiger partial charge in [-0.25, -0.2) is 0 Å². The highest BCUT2D eigenvalue weighted by atomic mass is 16.6. The molecule has 0 heterocycles. The van der Waals surface area contributed by atoms with Crippen LogP contribution in [0.3, 0.4) is 0 Å². The van der Waals surface area contributed by atoms with Gasteiger partial charge >= 0.3 is 5.97 Å². The number of hydrogen-bond acceptors (Lipinski definition) is 5. The molecule has 0 spiro atoms. The highest BCUT2D eigenvalue weighted by Crippen LogP contribution is 2.40. The number of phenols is 1. The fraction of sp³-hybridized carbons (Fsp3) is 0.333. The molecule has 5 nitrogen and oxygen atoms in total. The quantitative estimate of drug-likeness (QED) is 0.628. The van der Waals surface area contributed by atoms with Gasteiger partial charge in [0.1, 0.15) is 5.75 Å². The molecule has 0 aliphatic heterocycles. The van der Waals surface area contributed by atoms with Gasteiger partial charge in [-0.1, -0.05) is 6.92 Å². The van der Waals surface area contributed by atoms with E-state index in [-0.39, 0.29) is 23.7 Å². The minimum atomic E-state index is -0.439. The zero-order valence-corrected chi connectivity index (χ0v) is 9.86. The number of carbonyl (C=O) groups excluding carboxylic acids is 1. The lowest BCUT2D eigenvalue weighted by Crippen LogP contribution is -2.08. The lowest BCUT2D eigenvalue weighted by Gasteiger charge is -2.12. The van der Waals surface area contributed by atoms with Crippen molar-refractivity contribution in [2.75, 3.05) is 14.2 Å². The lowest BCUT2D eigenvalue weighted by molar-refractivity contribution is -0.134. The van der Waals surface area contributed by atoms with Crippen LogP contribution in [0.25, 0.3) is 0 Å². The number of ether oxygens (including phenoxy) is 3. The van der Waals surface area contributed by atoms with Crippen molar-refractivity contribution in [2.45, 2.75) is 12.8 Å². The first-order valence-electron chi connectivity index (χ1n) is 5.07. The standard InChI is InChI=1S/C12H15O5/c1-4-5-11(14)17-10-7-8(15-2)6-9(13)12(10)16-3/h6-7,13H,1,4-5H2,2-3H3. The summed E-state index contributed by atoms with van der Waals surface area (Å²) in [6.45, 7) is 3.55. The molecule has 0 aliphatic carbocycles. The molecule has 0 bridgehead atoms. The van der Waals surface area contributed by atoms with Crippen molar-refractivity contribution in [2.24, 2.45) is 0 Å². The van der Waals surface area contributed by atoms with E-state index in [1.165, 1.54) is 26.4 Å². The van der Waals surface area contributed by atoms with Gasteiger partial charge in [0.25, 0.3) is 0 Å². The summed E-state index contributed by atoms with van der Waals surface area (Å²) in [5.41, 5.74) is 0. The summed E-state index contributed by atoms with van der Waals surface area (Å²) >= 11 is 0. The molecule has 0 saturated heterocycles. The number of benzene rings is 1. The van der Waals surface area contributed by atoms with Crippen LogP contribution in [0.1, 0.15) is 12.8 Å². The molecule has 1 aromatic carbocycles. The lowest BCUT2D eigenvalue weighted by atomic mass is 10.2. The van der Waals surface area contributed by atoms with Crippen molar-refractivity contribution >= 4 is 5.97 Å². The second-order valence-electron chi connectivity index (χ2n) is 3.26. The van der Waals surface area contributed by atoms with Gasteiger partial charge in [0.05, 0.1) is 14.2 Å². The minimum Gasteiger partial charge on any atom is -0.504 e. The summed E-state index contributed by atoms with van der Waals surface area (Å²) in [6, 6.07) is 2.84. The molecule has 1 N–H and O–H groups in total. The Labute approximate surface area is 99.9 Å². The van der Waals surface area contributed by atoms with E-state index in [9.17, 15) is 9.90 Å². The van der Waals surface area contributed by atoms with Crippen molar-refractivity contribution in [1.29, 1.82) is 0 Å². The van der Waals surface area contributed by atoms with Gasteiger partial charge in [0.15, 0.2) is 11.5 Å². The Hall–Kier alpha value is -1.91. The van der Waals surface area contributed by atoms with E-state index >= 15 is 0 Å². The summed E-state index contributed by atoms with van der Waals surface area (Å²) in [5.74, 6) is 0.0157. The highest BCUT2D eigenvalue weighted by Gasteiger charge is 2.15. The SMILES string of the molecule is [CH2]CCC(=O)Oc1cc(OC)cc(O)c1OC. The number of esters is 1. The molecule has 0 aliphatic rings. The predicted octanol–water partition coefficient (Wildman–Crippen LogP) is 1.93. The first kappa shape index (κ1) is 13.2. The van der Waals surface area contributed by atoms with Crippen LogP contribution in [0.4, 0.5) is 0 Å². The zero-order chi connectivity index (χ0) is 12.8. The molecule has 0 fully saturated rings. The average Bonchev–Trinajstić information content (AvgIpc) is 2.28. The van der Waals surface area contributed by atoms with Crippen LogP contribution in [0, 0.1) is 6.92 Å². The summed E-state index contributed by atoms with van der Waals surface area (Å²) in [6.07, 6.45) is 0.637. The predicted molar refractivity (Wildman–Crippen MR) is 61.4 cm³/mol. The number of hydrogen-bond donors (Lipinski definition) is 1. The van der Waals surface area contributed by atoms with Crippen LogP contribution in [0.5, 0.6) is 23.0 Å². The number of phenolic OH excluding ortho intramolecular Hbond substituents is 1. The van der Waals surface area contributed by atoms with Gasteiger partial charge in [-0.05, 0) is 6.42 Å². The Bertz CT molecular complexity index is 400. The van der Waals surface area contributed by atoms with Crippen LogP contribution >= 0.6 is 0 Å². The summed E-state index contributed by atoms with van der Waals surface area (Å²) < 4.78 is 15.0. The van der Waals surface area contributed by atoms with Gasteiger partial charge in [-0.3, -0.25) is 4.79 Å². The molecular weight excluding hydrogens is 224 g/mol. The van der Waals surface area contributed by atoms with E-state index in [1.807, 2.05) is 0 Å². The Morgan fingerprint density at radius 2 is 2.06 bits per heavy atom. The molecule has 1 aromatic rings. The first-order valence-corrected chi connectivity index (χ1v) is 5.07. The average molecular weight is 239 g/mol. The fourth-order valence-corrected chi connectivity index (χ4v) is 1.28. The number of aromatic hydroxyl groups is 1. The third-order valence-electron chi connectivity index (χ3n) is 2.05. The molecular formula is C12H15O5. The second kappa shape index (κ2) is 5.98. The normalized spacial score (nSPS) is 9.82. The molecule has 0 amide bonds. The molecule has 0 saturated carbocycles. The smallest absolute Gasteiger partial charge is 0.311 e. The molecule has 93 valence electrons. The second-order valence-corrected chi connectivity index (χ2v) is 3.26. The molecule has 0 aromatic heterocycles. The third kappa shape index (κ3) is 3.27. The number of carbonyl (C=O) groups is 1. The van der Waals surface area contributed by atoms with Crippen molar-refractivity contribution in [3.63, 3.8) is 0 Å². The third-order valence-corrected chi connectivity index (χ3v) is 2.05. The van der Waals surface area contributed by atoms with Gasteiger partial charge in [0.2, 0.25) is 5.75 Å². The molecule has 17 heavy (non-hydrogen) atoms. The van der Waals surface area contributed by atoms with E-state index in [0.29, 0.717) is 12.2 Å². The summed E-state index contributed by atoms with van der Waals surface area (Å²) in [7, 11) is 2.82. The fourth-order valence-electron chi connectivity index (χ4n) is 1.28. The Balaban J connectivity index is 3.02. The van der Waals surface area contributed by atoms with Crippen LogP contribution in [-0.2, 0) is 4.79 Å². The molecule has 0 atom stereocenters. The van der Waals surface area contributed by atoms with E-state index in [0.717, 1.165) is 0 Å². The van der Waals surface area contributed by atoms with Gasteiger partial charge in [-0.2, -0.15) is 0 Å². The summed E-state index contributed by atoms with van der Waals surface area (Å²) in [4.78, 5) is 11.4. The van der Waals surface area contributed by atoms with Crippen LogP contribution < -0.4 is 14.2 Å². The zero-order valence-electron chi connectivity index (χ0n) is 9.86. The van der Waals surface area contributed by atoms with Gasteiger partial charge in [-0.15, -0.1) is 0 Å². The monoisotopic (exact) mass is 239 g/mol. The Morgan fingerprint density at radius 1 is 1.35 bits per heavy atom. The van der Waals surface area contributed by atoms with Gasteiger partial charge in [0, 0.05) is 18.6 Å². The number of rotatable bonds is 5. The van der Waals surface area contributed by atoms with Gasteiger partial charge < -0.3 is 19.3 Å². The van der Waals surface area contributed by atoms with Crippen molar-refractivity contribution in [1.82, 2.24) is 0 Å². The maximum absolute atomic E-state index is 11.4. The Morgan fingerprint density at radius 3 is 2.59 bits per heavy atom. The maximum atomic E-state index is 11.4. The topological polar surface area (TPSA) is 65.0 Å². The van der Waals surface area contributed by atoms with Crippen molar-refractivity contribution < 1.29 is 24.1 Å². The van der Waals surface area contributed by atoms with Crippen LogP contribution in [0.2, 0.25) is 0 Å².